The number of phenols is 1. The van der Waals surface area contributed by atoms with Crippen LogP contribution in [0.15, 0.2) is 23.6 Å². The summed E-state index contributed by atoms with van der Waals surface area (Å²) in [5, 5.41) is 12.7. The highest BCUT2D eigenvalue weighted by atomic mass is 32.1. The van der Waals surface area contributed by atoms with E-state index in [0.29, 0.717) is 5.75 Å². The lowest BCUT2D eigenvalue weighted by Crippen LogP contribution is -1.72. The van der Waals surface area contributed by atoms with E-state index in [9.17, 15) is 5.11 Å². The number of phenolic OH excluding ortho intramolecular Hbond substituents is 1. The minimum Gasteiger partial charge on any atom is -0.506 e. The van der Waals surface area contributed by atoms with E-state index in [0.717, 1.165) is 15.6 Å². The second kappa shape index (κ2) is 2.24. The van der Waals surface area contributed by atoms with Gasteiger partial charge in [0.15, 0.2) is 0 Å². The number of aromatic hydroxyl groups is 1. The molecule has 0 saturated heterocycles. The van der Waals surface area contributed by atoms with Gasteiger partial charge in [0.2, 0.25) is 0 Å². The first-order valence-electron chi connectivity index (χ1n) is 3.45. The fourth-order valence-electron chi connectivity index (χ4n) is 1.12. The smallest absolute Gasteiger partial charge is 0.136 e. The molecule has 0 radical (unpaired) electrons. The van der Waals surface area contributed by atoms with Gasteiger partial charge in [0.05, 0.1) is 4.70 Å². The van der Waals surface area contributed by atoms with Crippen LogP contribution in [-0.2, 0) is 0 Å². The lowest BCUT2D eigenvalue weighted by atomic mass is 10.2. The van der Waals surface area contributed by atoms with E-state index in [2.05, 4.69) is 0 Å². The Bertz CT molecular complexity index is 389. The summed E-state index contributed by atoms with van der Waals surface area (Å²) in [6.45, 7) is 1.91. The molecule has 0 amide bonds. The Kier molecular flexibility index (Phi) is 1.36. The number of hydrogen-bond acceptors (Lipinski definition) is 2. The van der Waals surface area contributed by atoms with E-state index >= 15 is 0 Å². The number of thiophene rings is 1. The number of hydrogen-bond donors (Lipinski definition) is 1. The quantitative estimate of drug-likeness (QED) is 0.634. The zero-order valence-electron chi connectivity index (χ0n) is 6.16. The predicted octanol–water partition coefficient (Wildman–Crippen LogP) is 2.92. The average molecular weight is 164 g/mol. The van der Waals surface area contributed by atoms with Crippen LogP contribution in [0.2, 0.25) is 0 Å². The number of aryl methyl sites for hydroxylation is 1. The van der Waals surface area contributed by atoms with Crippen molar-refractivity contribution in [3.63, 3.8) is 0 Å². The van der Waals surface area contributed by atoms with Gasteiger partial charge in [-0.2, -0.15) is 0 Å². The maximum Gasteiger partial charge on any atom is 0.136 e. The van der Waals surface area contributed by atoms with Crippen LogP contribution in [0.5, 0.6) is 5.75 Å². The predicted molar refractivity (Wildman–Crippen MR) is 48.2 cm³/mol. The molecule has 56 valence electrons. The van der Waals surface area contributed by atoms with E-state index in [1.807, 2.05) is 30.5 Å². The Morgan fingerprint density at radius 1 is 1.27 bits per heavy atom. The van der Waals surface area contributed by atoms with E-state index in [-0.39, 0.29) is 0 Å². The summed E-state index contributed by atoms with van der Waals surface area (Å²) in [5.74, 6) is 0.428. The zero-order valence-corrected chi connectivity index (χ0v) is 6.98. The van der Waals surface area contributed by atoms with Crippen molar-refractivity contribution in [2.24, 2.45) is 0 Å². The van der Waals surface area contributed by atoms with Crippen LogP contribution < -0.4 is 0 Å². The number of rotatable bonds is 0. The van der Waals surface area contributed by atoms with Crippen LogP contribution >= 0.6 is 11.3 Å². The second-order valence-corrected chi connectivity index (χ2v) is 3.49. The third kappa shape index (κ3) is 0.906. The fourth-order valence-corrected chi connectivity index (χ4v) is 2.01. The van der Waals surface area contributed by atoms with Crippen molar-refractivity contribution in [2.75, 3.05) is 0 Å². The monoisotopic (exact) mass is 164 g/mol. The van der Waals surface area contributed by atoms with Crippen LogP contribution in [-0.4, -0.2) is 5.11 Å². The molecule has 0 saturated carbocycles. The minimum absolute atomic E-state index is 0.428. The first-order valence-corrected chi connectivity index (χ1v) is 4.33. The van der Waals surface area contributed by atoms with Gasteiger partial charge in [-0.3, -0.25) is 0 Å². The molecule has 0 aliphatic rings. The molecule has 1 nitrogen and oxygen atoms in total. The molecule has 2 rings (SSSR count). The molecule has 1 N–H and O–H groups in total. The molecule has 0 fully saturated rings. The highest BCUT2D eigenvalue weighted by Crippen LogP contribution is 2.32. The lowest BCUT2D eigenvalue weighted by molar-refractivity contribution is 0.478. The molecule has 0 aliphatic carbocycles. The van der Waals surface area contributed by atoms with Gasteiger partial charge in [0.25, 0.3) is 0 Å². The summed E-state index contributed by atoms with van der Waals surface area (Å²) in [7, 11) is 0. The van der Waals surface area contributed by atoms with Crippen LogP contribution in [0, 0.1) is 6.92 Å². The Morgan fingerprint density at radius 3 is 2.91 bits per heavy atom. The molecule has 0 atom stereocenters. The minimum atomic E-state index is 0.428. The summed E-state index contributed by atoms with van der Waals surface area (Å²) in [4.78, 5) is 0. The molecule has 1 aromatic carbocycles. The highest BCUT2D eigenvalue weighted by Gasteiger charge is 2.02. The van der Waals surface area contributed by atoms with Crippen molar-refractivity contribution < 1.29 is 5.11 Å². The van der Waals surface area contributed by atoms with Crippen LogP contribution in [0.4, 0.5) is 0 Å². The molecule has 1 aromatic heterocycles. The topological polar surface area (TPSA) is 20.2 Å². The molecule has 1 heterocycles. The summed E-state index contributed by atoms with van der Waals surface area (Å²) < 4.78 is 0.991. The molecule has 0 aliphatic heterocycles. The third-order valence-electron chi connectivity index (χ3n) is 1.80. The molecule has 0 spiro atoms. The third-order valence-corrected chi connectivity index (χ3v) is 2.73. The number of benzene rings is 1. The van der Waals surface area contributed by atoms with Crippen molar-refractivity contribution in [1.82, 2.24) is 0 Å². The van der Waals surface area contributed by atoms with E-state index in [1.54, 1.807) is 11.3 Å². The van der Waals surface area contributed by atoms with E-state index in [1.165, 1.54) is 0 Å². The van der Waals surface area contributed by atoms with Crippen LogP contribution in [0.25, 0.3) is 10.1 Å². The van der Waals surface area contributed by atoms with E-state index < -0.39 is 0 Å². The normalized spacial score (nSPS) is 10.6. The summed E-state index contributed by atoms with van der Waals surface area (Å²) in [6.07, 6.45) is 0. The van der Waals surface area contributed by atoms with Gasteiger partial charge in [-0.25, -0.2) is 0 Å². The Hall–Kier alpha value is -1.02. The van der Waals surface area contributed by atoms with Gasteiger partial charge < -0.3 is 5.11 Å². The van der Waals surface area contributed by atoms with Gasteiger partial charge in [-0.1, -0.05) is 12.1 Å². The molecule has 0 unspecified atom stereocenters. The van der Waals surface area contributed by atoms with Crippen molar-refractivity contribution in [3.05, 3.63) is 29.1 Å². The highest BCUT2D eigenvalue weighted by molar-refractivity contribution is 7.17. The Labute approximate surface area is 68.9 Å². The maximum atomic E-state index is 9.56. The first kappa shape index (κ1) is 6.68. The first-order chi connectivity index (χ1) is 5.29. The maximum absolute atomic E-state index is 9.56. The lowest BCUT2D eigenvalue weighted by Gasteiger charge is -1.97. The second-order valence-electron chi connectivity index (χ2n) is 2.57. The van der Waals surface area contributed by atoms with Crippen molar-refractivity contribution in [3.8, 4) is 5.75 Å². The van der Waals surface area contributed by atoms with E-state index in [4.69, 9.17) is 0 Å². The Morgan fingerprint density at radius 2 is 2.09 bits per heavy atom. The Balaban J connectivity index is 2.93. The zero-order chi connectivity index (χ0) is 7.84. The molecular weight excluding hydrogens is 156 g/mol. The summed E-state index contributed by atoms with van der Waals surface area (Å²) in [6, 6.07) is 5.98. The molecule has 2 aromatic rings. The van der Waals surface area contributed by atoms with Crippen molar-refractivity contribution in [2.45, 2.75) is 6.92 Å². The fraction of sp³-hybridized carbons (Fsp3) is 0.111. The van der Waals surface area contributed by atoms with Gasteiger partial charge in [0, 0.05) is 0 Å². The SMILES string of the molecule is Cc1ccc2ccsc2c1O. The van der Waals surface area contributed by atoms with Gasteiger partial charge in [-0.05, 0) is 29.3 Å². The number of fused-ring (bicyclic) bond motifs is 1. The van der Waals surface area contributed by atoms with Crippen LogP contribution in [0.1, 0.15) is 5.56 Å². The largest absolute Gasteiger partial charge is 0.506 e. The van der Waals surface area contributed by atoms with Gasteiger partial charge in [0.1, 0.15) is 5.75 Å². The average Bonchev–Trinajstić information content (AvgIpc) is 2.45. The van der Waals surface area contributed by atoms with Crippen molar-refractivity contribution in [1.29, 1.82) is 0 Å². The molecular formula is C9H8OS. The van der Waals surface area contributed by atoms with Crippen molar-refractivity contribution >= 4 is 21.4 Å². The van der Waals surface area contributed by atoms with Crippen LogP contribution in [0.3, 0.4) is 0 Å². The summed E-state index contributed by atoms with van der Waals surface area (Å²) >= 11 is 1.58. The molecule has 2 heteroatoms. The summed E-state index contributed by atoms with van der Waals surface area (Å²) in [5.41, 5.74) is 0.944. The van der Waals surface area contributed by atoms with Gasteiger partial charge >= 0.3 is 0 Å². The molecule has 11 heavy (non-hydrogen) atoms. The van der Waals surface area contributed by atoms with Gasteiger partial charge in [-0.15, -0.1) is 11.3 Å². The standard InChI is InChI=1S/C9H8OS/c1-6-2-3-7-4-5-11-9(7)8(6)10/h2-5,10H,1H3. The molecule has 0 bridgehead atoms.